The van der Waals surface area contributed by atoms with Gasteiger partial charge in [-0.2, -0.15) is 0 Å². The average molecular weight is 1380 g/mol. The summed E-state index contributed by atoms with van der Waals surface area (Å²) in [6.07, 6.45) is 72.4. The van der Waals surface area contributed by atoms with Gasteiger partial charge in [-0.15, -0.1) is 0 Å². The first-order chi connectivity index (χ1) is 47.6. The number of hydrogen-bond acceptors (Lipinski definition) is 13. The van der Waals surface area contributed by atoms with E-state index >= 15 is 0 Å². The number of allylic oxidation sites excluding steroid dienone is 5. The first kappa shape index (κ1) is 91.3. The number of carbonyl (C=O) groups is 1. The van der Waals surface area contributed by atoms with Crippen LogP contribution >= 0.6 is 0 Å². The van der Waals surface area contributed by atoms with Gasteiger partial charge in [0.25, 0.3) is 0 Å². The van der Waals surface area contributed by atoms with Crippen molar-refractivity contribution in [2.75, 3.05) is 19.8 Å². The molecule has 0 aromatic carbocycles. The van der Waals surface area contributed by atoms with Crippen molar-refractivity contribution in [2.24, 2.45) is 0 Å². The highest BCUT2D eigenvalue weighted by Gasteiger charge is 2.51. The SMILES string of the molecule is CCCCCCC/C=C\C/C=C\CCCCCCCCCCCCCCCCCCCCCCCC(=O)NC(COC1OC(CO)C(OC2OC(CO)C(O)C(O)C2O)C(O)C1O)C(O)/C=C/CCCCCCCCCCCCCCCCCCCCCCCCCCCCCC. The number of hydrogen-bond donors (Lipinski definition) is 9. The fourth-order valence-corrected chi connectivity index (χ4v) is 14.0. The maximum Gasteiger partial charge on any atom is 0.220 e. The van der Waals surface area contributed by atoms with Crippen LogP contribution in [0.5, 0.6) is 0 Å². The highest BCUT2D eigenvalue weighted by atomic mass is 16.7. The summed E-state index contributed by atoms with van der Waals surface area (Å²) in [5.41, 5.74) is 0. The number of carbonyl (C=O) groups excluding carboxylic acids is 1. The van der Waals surface area contributed by atoms with Crippen molar-refractivity contribution in [2.45, 2.75) is 466 Å². The molecule has 2 rings (SSSR count). The molecule has 0 saturated carbocycles. The molecule has 12 unspecified atom stereocenters. The number of unbranched alkanes of at least 4 members (excludes halogenated alkanes) is 54. The monoisotopic (exact) mass is 1380 g/mol. The minimum atomic E-state index is -1.79. The van der Waals surface area contributed by atoms with E-state index < -0.39 is 86.8 Å². The summed E-state index contributed by atoms with van der Waals surface area (Å²) >= 11 is 0. The lowest BCUT2D eigenvalue weighted by Gasteiger charge is -2.46. The average Bonchev–Trinajstić information content (AvgIpc) is 0.794. The van der Waals surface area contributed by atoms with Gasteiger partial charge in [-0.25, -0.2) is 0 Å². The van der Waals surface area contributed by atoms with Crippen LogP contribution in [0.2, 0.25) is 0 Å². The summed E-state index contributed by atoms with van der Waals surface area (Å²) in [6, 6.07) is -0.915. The van der Waals surface area contributed by atoms with Crippen LogP contribution in [0.15, 0.2) is 36.5 Å². The molecule has 0 aromatic rings. The fraction of sp³-hybridized carbons (Fsp3) is 0.916. The standard InChI is InChI=1S/C83H157NO13/c1-3-5-7-9-11-13-15-17-19-21-23-25-27-29-31-33-35-36-37-39-41-43-45-47-49-51-53-55-57-59-61-63-65-67-75(88)84-71(70-94-82-80(93)78(91)81(74(69-86)96-82)97-83-79(92)77(90)76(89)73(68-85)95-83)72(87)66-64-62-60-58-56-54-52-50-48-46-44-42-40-38-34-32-30-28-26-24-22-20-18-16-14-12-10-8-6-4-2/h15,17,21,23,64,66,71-74,76-83,85-87,89-93H,3-14,16,18-20,22,24-63,65,67-70H2,1-2H3,(H,84,88)/b17-15-,23-21-,66-64+. The number of aliphatic hydroxyl groups is 8. The van der Waals surface area contributed by atoms with Gasteiger partial charge in [0.15, 0.2) is 12.6 Å². The molecular weight excluding hydrogens is 1220 g/mol. The Labute approximate surface area is 595 Å². The van der Waals surface area contributed by atoms with Crippen LogP contribution in [0.25, 0.3) is 0 Å². The van der Waals surface area contributed by atoms with Crippen LogP contribution in [-0.2, 0) is 23.7 Å². The molecule has 2 fully saturated rings. The van der Waals surface area contributed by atoms with Crippen LogP contribution in [0.1, 0.15) is 393 Å². The summed E-state index contributed by atoms with van der Waals surface area (Å²) in [4.78, 5) is 13.4. The molecule has 9 N–H and O–H groups in total. The molecule has 0 radical (unpaired) electrons. The second-order valence-corrected chi connectivity index (χ2v) is 29.6. The summed E-state index contributed by atoms with van der Waals surface area (Å²) in [7, 11) is 0. The molecule has 2 heterocycles. The van der Waals surface area contributed by atoms with Crippen molar-refractivity contribution in [3.8, 4) is 0 Å². The van der Waals surface area contributed by atoms with Gasteiger partial charge in [0.1, 0.15) is 48.8 Å². The van der Waals surface area contributed by atoms with Gasteiger partial charge in [0.2, 0.25) is 5.91 Å². The molecule has 14 heteroatoms. The van der Waals surface area contributed by atoms with Crippen molar-refractivity contribution in [3.05, 3.63) is 36.5 Å². The minimum absolute atomic E-state index is 0.231. The Bertz CT molecular complexity index is 1770. The third-order valence-electron chi connectivity index (χ3n) is 20.6. The Kier molecular flexibility index (Phi) is 63.4. The zero-order valence-electron chi connectivity index (χ0n) is 62.9. The normalized spacial score (nSPS) is 22.2. The van der Waals surface area contributed by atoms with Crippen molar-refractivity contribution in [1.82, 2.24) is 5.32 Å². The van der Waals surface area contributed by atoms with E-state index in [0.29, 0.717) is 6.42 Å². The third kappa shape index (κ3) is 50.3. The van der Waals surface area contributed by atoms with Crippen molar-refractivity contribution in [3.63, 3.8) is 0 Å². The van der Waals surface area contributed by atoms with Crippen molar-refractivity contribution in [1.29, 1.82) is 0 Å². The summed E-state index contributed by atoms with van der Waals surface area (Å²) in [6.45, 7) is 2.86. The Morgan fingerprint density at radius 3 is 1.03 bits per heavy atom. The molecule has 0 aromatic heterocycles. The highest BCUT2D eigenvalue weighted by molar-refractivity contribution is 5.76. The predicted octanol–water partition coefficient (Wildman–Crippen LogP) is 19.2. The molecule has 2 saturated heterocycles. The van der Waals surface area contributed by atoms with Gasteiger partial charge in [-0.1, -0.05) is 371 Å². The molecule has 0 spiro atoms. The third-order valence-corrected chi connectivity index (χ3v) is 20.6. The summed E-state index contributed by atoms with van der Waals surface area (Å²) < 4.78 is 22.9. The van der Waals surface area contributed by atoms with Gasteiger partial charge in [0.05, 0.1) is 32.0 Å². The van der Waals surface area contributed by atoms with Gasteiger partial charge in [-0.05, 0) is 51.4 Å². The first-order valence-corrected chi connectivity index (χ1v) is 41.7. The van der Waals surface area contributed by atoms with Gasteiger partial charge in [0, 0.05) is 6.42 Å². The fourth-order valence-electron chi connectivity index (χ4n) is 14.0. The van der Waals surface area contributed by atoms with E-state index in [4.69, 9.17) is 18.9 Å². The van der Waals surface area contributed by atoms with E-state index in [9.17, 15) is 45.6 Å². The number of rotatable bonds is 71. The quantitative estimate of drug-likeness (QED) is 0.0204. The van der Waals surface area contributed by atoms with Crippen LogP contribution in [0, 0.1) is 0 Å². The largest absolute Gasteiger partial charge is 0.394 e. The number of ether oxygens (including phenoxy) is 4. The van der Waals surface area contributed by atoms with Crippen molar-refractivity contribution < 1.29 is 64.6 Å². The van der Waals surface area contributed by atoms with Gasteiger partial charge < -0.3 is 65.1 Å². The lowest BCUT2D eigenvalue weighted by atomic mass is 9.97. The maximum absolute atomic E-state index is 13.4. The van der Waals surface area contributed by atoms with E-state index in [2.05, 4.69) is 43.5 Å². The Hall–Kier alpha value is -1.79. The second kappa shape index (κ2) is 67.4. The maximum atomic E-state index is 13.4. The highest BCUT2D eigenvalue weighted by Crippen LogP contribution is 2.30. The van der Waals surface area contributed by atoms with Crippen LogP contribution in [0.3, 0.4) is 0 Å². The smallest absolute Gasteiger partial charge is 0.220 e. The Morgan fingerprint density at radius 2 is 0.680 bits per heavy atom. The Morgan fingerprint density at radius 1 is 0.371 bits per heavy atom. The van der Waals surface area contributed by atoms with Crippen LogP contribution < -0.4 is 5.32 Å². The van der Waals surface area contributed by atoms with Crippen LogP contribution in [-0.4, -0.2) is 140 Å². The second-order valence-electron chi connectivity index (χ2n) is 29.6. The lowest BCUT2D eigenvalue weighted by Crippen LogP contribution is -2.65. The molecule has 0 aliphatic carbocycles. The van der Waals surface area contributed by atoms with E-state index in [1.165, 1.54) is 321 Å². The molecule has 97 heavy (non-hydrogen) atoms. The topological polar surface area (TPSA) is 228 Å². The molecule has 2 aliphatic heterocycles. The predicted molar refractivity (Wildman–Crippen MR) is 401 cm³/mol. The van der Waals surface area contributed by atoms with Gasteiger partial charge >= 0.3 is 0 Å². The van der Waals surface area contributed by atoms with Gasteiger partial charge in [-0.3, -0.25) is 4.79 Å². The molecule has 12 atom stereocenters. The summed E-state index contributed by atoms with van der Waals surface area (Å²) in [5, 5.41) is 87.8. The molecule has 2 aliphatic rings. The number of nitrogens with one attached hydrogen (secondary N) is 1. The van der Waals surface area contributed by atoms with Crippen molar-refractivity contribution >= 4 is 5.91 Å². The zero-order valence-corrected chi connectivity index (χ0v) is 62.9. The molecular formula is C83H157NO13. The Balaban J connectivity index is 1.60. The van der Waals surface area contributed by atoms with E-state index in [0.717, 1.165) is 44.9 Å². The molecule has 1 amide bonds. The molecule has 14 nitrogen and oxygen atoms in total. The minimum Gasteiger partial charge on any atom is -0.394 e. The lowest BCUT2D eigenvalue weighted by molar-refractivity contribution is -0.359. The summed E-state index contributed by atoms with van der Waals surface area (Å²) in [5.74, 6) is -0.231. The molecule has 572 valence electrons. The first-order valence-electron chi connectivity index (χ1n) is 41.7. The van der Waals surface area contributed by atoms with Crippen LogP contribution in [0.4, 0.5) is 0 Å². The van der Waals surface area contributed by atoms with E-state index in [1.54, 1.807) is 6.08 Å². The van der Waals surface area contributed by atoms with E-state index in [-0.39, 0.29) is 18.9 Å². The molecule has 0 bridgehead atoms. The number of amides is 1. The van der Waals surface area contributed by atoms with E-state index in [1.807, 2.05) is 6.08 Å². The zero-order chi connectivity index (χ0) is 70.1. The number of aliphatic hydroxyl groups excluding tert-OH is 8.